The molecule has 290 valence electrons. The number of hydrogen-bond donors (Lipinski definition) is 0. The average molecular weight is 791 g/mol. The molecule has 62 heavy (non-hydrogen) atoms. The maximum Gasteiger partial charge on any atom is 0.235 e. The maximum atomic E-state index is 5.35. The molecule has 3 heterocycles. The minimum atomic E-state index is 0.636. The van der Waals surface area contributed by atoms with Crippen LogP contribution in [0.15, 0.2) is 219 Å². The molecule has 0 fully saturated rings. The van der Waals surface area contributed by atoms with Crippen LogP contribution in [0.5, 0.6) is 0 Å². The third-order valence-corrected chi connectivity index (χ3v) is 12.3. The molecule has 0 unspecified atom stereocenters. The van der Waals surface area contributed by atoms with Gasteiger partial charge in [0.1, 0.15) is 0 Å². The summed E-state index contributed by atoms with van der Waals surface area (Å²) in [6.07, 6.45) is 6.06. The Morgan fingerprint density at radius 2 is 0.968 bits per heavy atom. The van der Waals surface area contributed by atoms with Crippen LogP contribution in [0, 0.1) is 0 Å². The Morgan fingerprint density at radius 1 is 0.403 bits per heavy atom. The fourth-order valence-electron chi connectivity index (χ4n) is 9.52. The Kier molecular flexibility index (Phi) is 8.29. The SMILES string of the molecule is C=C/C=C\c1cc2c(cc1-c1cc3c4ccccc4n(-c4ccc(-c5ccccc5)cc4)c3c3ccccc13)c1ccccc1n2-c1nc(-c2ccccc2)c2ccccc2n1. The fraction of sp³-hybridized carbons (Fsp3) is 0. The van der Waals surface area contributed by atoms with Crippen molar-refractivity contribution in [2.24, 2.45) is 0 Å². The Labute approximate surface area is 358 Å². The minimum absolute atomic E-state index is 0.636. The van der Waals surface area contributed by atoms with Gasteiger partial charge in [0.15, 0.2) is 0 Å². The molecular weight excluding hydrogens is 753 g/mol. The zero-order chi connectivity index (χ0) is 41.1. The quantitative estimate of drug-likeness (QED) is 0.151. The first-order valence-electron chi connectivity index (χ1n) is 21.0. The van der Waals surface area contributed by atoms with Gasteiger partial charge in [0, 0.05) is 43.6 Å². The third-order valence-electron chi connectivity index (χ3n) is 12.3. The zero-order valence-corrected chi connectivity index (χ0v) is 33.8. The predicted molar refractivity (Wildman–Crippen MR) is 261 cm³/mol. The highest BCUT2D eigenvalue weighted by molar-refractivity contribution is 6.23. The largest absolute Gasteiger partial charge is 0.309 e. The molecular formula is C58H38N4. The Morgan fingerprint density at radius 3 is 1.69 bits per heavy atom. The van der Waals surface area contributed by atoms with Gasteiger partial charge in [-0.1, -0.05) is 176 Å². The van der Waals surface area contributed by atoms with Crippen molar-refractivity contribution in [3.8, 4) is 45.1 Å². The van der Waals surface area contributed by atoms with Crippen LogP contribution in [0.3, 0.4) is 0 Å². The summed E-state index contributed by atoms with van der Waals surface area (Å²) >= 11 is 0. The van der Waals surface area contributed by atoms with E-state index >= 15 is 0 Å². The van der Waals surface area contributed by atoms with E-state index in [2.05, 4.69) is 210 Å². The van der Waals surface area contributed by atoms with E-state index in [9.17, 15) is 0 Å². The van der Waals surface area contributed by atoms with E-state index < -0.39 is 0 Å². The minimum Gasteiger partial charge on any atom is -0.309 e. The molecule has 0 radical (unpaired) electrons. The van der Waals surface area contributed by atoms with Crippen molar-refractivity contribution in [2.45, 2.75) is 0 Å². The number of hydrogen-bond acceptors (Lipinski definition) is 2. The smallest absolute Gasteiger partial charge is 0.235 e. The molecule has 0 saturated carbocycles. The van der Waals surface area contributed by atoms with E-state index in [1.165, 1.54) is 49.3 Å². The van der Waals surface area contributed by atoms with Crippen molar-refractivity contribution < 1.29 is 0 Å². The van der Waals surface area contributed by atoms with Gasteiger partial charge in [0.2, 0.25) is 5.95 Å². The second-order valence-electron chi connectivity index (χ2n) is 15.8. The summed E-state index contributed by atoms with van der Waals surface area (Å²) in [7, 11) is 0. The van der Waals surface area contributed by atoms with Crippen LogP contribution in [0.2, 0.25) is 0 Å². The Bertz CT molecular complexity index is 3740. The molecule has 12 aromatic rings. The van der Waals surface area contributed by atoms with E-state index in [-0.39, 0.29) is 0 Å². The number of rotatable bonds is 7. The number of nitrogens with zero attached hydrogens (tertiary/aromatic N) is 4. The van der Waals surface area contributed by atoms with Gasteiger partial charge in [-0.25, -0.2) is 9.97 Å². The highest BCUT2D eigenvalue weighted by Gasteiger charge is 2.22. The van der Waals surface area contributed by atoms with Crippen molar-refractivity contribution in [3.05, 3.63) is 224 Å². The van der Waals surface area contributed by atoms with Gasteiger partial charge in [-0.15, -0.1) is 0 Å². The number of aromatic nitrogens is 4. The van der Waals surface area contributed by atoms with E-state index in [1.54, 1.807) is 0 Å². The zero-order valence-electron chi connectivity index (χ0n) is 33.8. The molecule has 0 aliphatic rings. The van der Waals surface area contributed by atoms with Crippen LogP contribution in [0.1, 0.15) is 5.56 Å². The second-order valence-corrected chi connectivity index (χ2v) is 15.8. The molecule has 9 aromatic carbocycles. The summed E-state index contributed by atoms with van der Waals surface area (Å²) < 4.78 is 4.67. The van der Waals surface area contributed by atoms with Gasteiger partial charge in [0.25, 0.3) is 0 Å². The first-order valence-corrected chi connectivity index (χ1v) is 21.0. The van der Waals surface area contributed by atoms with E-state index in [0.717, 1.165) is 60.8 Å². The van der Waals surface area contributed by atoms with Crippen LogP contribution in [-0.2, 0) is 0 Å². The van der Waals surface area contributed by atoms with Gasteiger partial charge in [-0.05, 0) is 81.7 Å². The lowest BCUT2D eigenvalue weighted by molar-refractivity contribution is 1.01. The maximum absolute atomic E-state index is 5.35. The lowest BCUT2D eigenvalue weighted by Crippen LogP contribution is -2.03. The molecule has 0 bridgehead atoms. The number of para-hydroxylation sites is 3. The summed E-state index contributed by atoms with van der Waals surface area (Å²) in [6.45, 7) is 4.07. The molecule has 4 nitrogen and oxygen atoms in total. The lowest BCUT2D eigenvalue weighted by atomic mass is 9.91. The van der Waals surface area contributed by atoms with Gasteiger partial charge in [-0.2, -0.15) is 0 Å². The third kappa shape index (κ3) is 5.62. The second kappa shape index (κ2) is 14.4. The Hall–Kier alpha value is -8.34. The molecule has 0 spiro atoms. The summed E-state index contributed by atoms with van der Waals surface area (Å²) in [5.74, 6) is 0.636. The normalized spacial score (nSPS) is 11.9. The highest BCUT2D eigenvalue weighted by atomic mass is 15.2. The van der Waals surface area contributed by atoms with Crippen molar-refractivity contribution in [2.75, 3.05) is 0 Å². The molecule has 12 rings (SSSR count). The topological polar surface area (TPSA) is 35.6 Å². The summed E-state index contributed by atoms with van der Waals surface area (Å²) in [5, 5.41) is 8.10. The molecule has 0 atom stereocenters. The van der Waals surface area contributed by atoms with Crippen molar-refractivity contribution in [3.63, 3.8) is 0 Å². The van der Waals surface area contributed by atoms with Gasteiger partial charge in [-0.3, -0.25) is 4.57 Å². The first kappa shape index (κ1) is 35.6. The average Bonchev–Trinajstić information content (AvgIpc) is 3.85. The molecule has 3 aromatic heterocycles. The van der Waals surface area contributed by atoms with Crippen molar-refractivity contribution in [1.29, 1.82) is 0 Å². The lowest BCUT2D eigenvalue weighted by Gasteiger charge is -2.16. The highest BCUT2D eigenvalue weighted by Crippen LogP contribution is 2.45. The van der Waals surface area contributed by atoms with E-state index in [1.807, 2.05) is 24.3 Å². The Balaban J connectivity index is 1.13. The van der Waals surface area contributed by atoms with Crippen LogP contribution in [-0.4, -0.2) is 19.1 Å². The number of benzene rings is 9. The van der Waals surface area contributed by atoms with Crippen LogP contribution < -0.4 is 0 Å². The van der Waals surface area contributed by atoms with Gasteiger partial charge < -0.3 is 4.57 Å². The molecule has 0 aliphatic carbocycles. The van der Waals surface area contributed by atoms with Crippen LogP contribution in [0.4, 0.5) is 0 Å². The van der Waals surface area contributed by atoms with Gasteiger partial charge in [0.05, 0.1) is 33.3 Å². The molecule has 0 N–H and O–H groups in total. The molecule has 0 saturated heterocycles. The molecule has 0 amide bonds. The monoisotopic (exact) mass is 790 g/mol. The van der Waals surface area contributed by atoms with Crippen LogP contribution >= 0.6 is 0 Å². The summed E-state index contributed by atoms with van der Waals surface area (Å²) in [5.41, 5.74) is 14.2. The van der Waals surface area contributed by atoms with E-state index in [0.29, 0.717) is 5.95 Å². The summed E-state index contributed by atoms with van der Waals surface area (Å²) in [4.78, 5) is 10.6. The molecule has 0 aliphatic heterocycles. The predicted octanol–water partition coefficient (Wildman–Crippen LogP) is 15.2. The number of allylic oxidation sites excluding steroid dienone is 2. The van der Waals surface area contributed by atoms with Gasteiger partial charge >= 0.3 is 0 Å². The number of fused-ring (bicyclic) bond motifs is 9. The standard InChI is InChI=1S/C58H38N4/c1-2-3-18-41-35-55-50(44-24-13-17-30-54(44)62(55)58-59-52-28-15-12-27-47(52)56(60-58)40-21-8-5-9-22-40)36-48(41)49-37-51-45-25-14-16-29-53(45)61(57(51)46-26-11-10-23-43(46)49)42-33-31-39(32-34-42)38-19-6-4-7-20-38/h2-37H,1H2/b18-3-. The van der Waals surface area contributed by atoms with Crippen LogP contribution in [0.25, 0.3) is 117 Å². The molecule has 4 heteroatoms. The summed E-state index contributed by atoms with van der Waals surface area (Å²) in [6, 6.07) is 71.6. The first-order chi connectivity index (χ1) is 30.7. The fourth-order valence-corrected chi connectivity index (χ4v) is 9.52. The van der Waals surface area contributed by atoms with Crippen molar-refractivity contribution >= 4 is 71.4 Å². The van der Waals surface area contributed by atoms with Crippen molar-refractivity contribution in [1.82, 2.24) is 19.1 Å². The van der Waals surface area contributed by atoms with E-state index in [4.69, 9.17) is 9.97 Å².